The van der Waals surface area contributed by atoms with Crippen molar-refractivity contribution >= 4 is 34.9 Å². The number of H-pyrrole nitrogens is 4. The number of quaternary nitrogens is 1. The summed E-state index contributed by atoms with van der Waals surface area (Å²) in [4.78, 5) is 80.2. The predicted molar refractivity (Wildman–Crippen MR) is 128 cm³/mol. The van der Waals surface area contributed by atoms with Crippen molar-refractivity contribution in [1.82, 2.24) is 19.9 Å². The second-order valence-corrected chi connectivity index (χ2v) is 8.11. The number of Topliss-reactive ketones (excluding diaryl/α,β-unsaturated/α-hetero) is 1. The number of carbonyl (C=O) groups excluding carboxylic acids is 2. The first-order valence-electron chi connectivity index (χ1n) is 10.2. The maximum Gasteiger partial charge on any atom is 0.371 e. The number of fused-ring (bicyclic) bond motifs is 1. The van der Waals surface area contributed by atoms with Crippen LogP contribution in [-0.2, 0) is 14.4 Å². The molecule has 1 aromatic carbocycles. The zero-order valence-electron chi connectivity index (χ0n) is 20.9. The fourth-order valence-electron chi connectivity index (χ4n) is 2.16. The molecule has 0 aliphatic carbocycles. The minimum absolute atomic E-state index is 0.0413. The normalized spacial score (nSPS) is 9.92. The Morgan fingerprint density at radius 2 is 1.45 bits per heavy atom. The summed E-state index contributed by atoms with van der Waals surface area (Å²) in [5.41, 5.74) is -1.56. The molecule has 17 heteroatoms. The quantitative estimate of drug-likeness (QED) is 0.130. The monoisotopic (exact) mass is 541 g/mol. The van der Waals surface area contributed by atoms with Crippen LogP contribution in [-0.4, -0.2) is 98.2 Å². The van der Waals surface area contributed by atoms with Crippen LogP contribution in [0, 0.1) is 0 Å². The molecule has 0 unspecified atom stereocenters. The van der Waals surface area contributed by atoms with Crippen LogP contribution in [0.1, 0.15) is 17.3 Å². The fourth-order valence-corrected chi connectivity index (χ4v) is 2.16. The molecular weight excluding hydrogens is 514 g/mol. The second-order valence-electron chi connectivity index (χ2n) is 8.11. The molecule has 0 aliphatic heterocycles. The number of phenols is 1. The van der Waals surface area contributed by atoms with Crippen molar-refractivity contribution in [3.05, 3.63) is 55.1 Å². The van der Waals surface area contributed by atoms with Gasteiger partial charge in [0.1, 0.15) is 17.7 Å². The Morgan fingerprint density at radius 1 is 0.947 bits per heavy atom. The van der Waals surface area contributed by atoms with E-state index in [4.69, 9.17) is 20.1 Å². The van der Waals surface area contributed by atoms with E-state index in [9.17, 15) is 38.7 Å². The number of imidazole rings is 1. The number of nitrogens with zero attached hydrogens (tertiary/aromatic N) is 1. The van der Waals surface area contributed by atoms with Crippen molar-refractivity contribution in [2.75, 3.05) is 34.8 Å². The second kappa shape index (κ2) is 14.4. The lowest BCUT2D eigenvalue weighted by Gasteiger charge is -2.23. The van der Waals surface area contributed by atoms with Crippen LogP contribution in [0.5, 0.6) is 11.5 Å². The molecule has 0 saturated heterocycles. The topological polar surface area (TPSA) is 276 Å². The van der Waals surface area contributed by atoms with Crippen molar-refractivity contribution in [2.45, 2.75) is 6.92 Å². The fraction of sp³-hybridized carbons (Fsp3) is 0.286. The number of rotatable bonds is 5. The van der Waals surface area contributed by atoms with Gasteiger partial charge < -0.3 is 34.4 Å². The first kappa shape index (κ1) is 32.8. The smallest absolute Gasteiger partial charge is 0.371 e. The number of carbonyl (C=O) groups is 4. The van der Waals surface area contributed by atoms with E-state index < -0.39 is 40.6 Å². The molecule has 0 fully saturated rings. The van der Waals surface area contributed by atoms with E-state index in [0.29, 0.717) is 4.48 Å². The van der Waals surface area contributed by atoms with Gasteiger partial charge in [-0.25, -0.2) is 19.2 Å². The molecule has 2 heterocycles. The lowest BCUT2D eigenvalue weighted by molar-refractivity contribution is -0.864. The molecule has 0 bridgehead atoms. The number of aromatic hydroxyl groups is 1. The lowest BCUT2D eigenvalue weighted by atomic mass is 10.2. The number of likely N-dealkylation sites (N-methyl/N-ethyl adjacent to an activating group) is 1. The highest BCUT2D eigenvalue weighted by molar-refractivity contribution is 6.31. The molecule has 208 valence electrons. The lowest BCUT2D eigenvalue weighted by Crippen LogP contribution is -2.45. The van der Waals surface area contributed by atoms with Crippen LogP contribution in [0.3, 0.4) is 0 Å². The Hall–Kier alpha value is -5.19. The van der Waals surface area contributed by atoms with Gasteiger partial charge in [0.15, 0.2) is 11.5 Å². The third kappa shape index (κ3) is 12.5. The Labute approximate surface area is 212 Å². The number of methoxy groups -OCH3 is 1. The first-order chi connectivity index (χ1) is 17.4. The van der Waals surface area contributed by atoms with Crippen molar-refractivity contribution < 1.29 is 48.8 Å². The number of hydrogen-bond acceptors (Lipinski definition) is 10. The van der Waals surface area contributed by atoms with Gasteiger partial charge in [-0.2, -0.15) is 0 Å². The molecule has 0 spiro atoms. The maximum absolute atomic E-state index is 10.9. The number of benzene rings is 1. The molecule has 0 radical (unpaired) electrons. The van der Waals surface area contributed by atoms with Gasteiger partial charge in [0.05, 0.1) is 39.8 Å². The minimum Gasteiger partial charge on any atom is -0.544 e. The number of nitrogens with one attached hydrogen (secondary N) is 4. The van der Waals surface area contributed by atoms with E-state index in [1.54, 1.807) is 21.1 Å². The summed E-state index contributed by atoms with van der Waals surface area (Å²) in [5, 5.41) is 35.2. The SMILES string of the molecule is CC(=O)C(=O)O.COc1cc(C(=O)O)ccc1O.C[N+](C)(C)CC(=O)[O-].O=c1[nH]c(=O)c2[nH]c(=O)[nH]c2[nH]1. The van der Waals surface area contributed by atoms with Crippen molar-refractivity contribution in [2.24, 2.45) is 0 Å². The van der Waals surface area contributed by atoms with E-state index in [1.807, 2.05) is 4.98 Å². The zero-order valence-corrected chi connectivity index (χ0v) is 20.9. The largest absolute Gasteiger partial charge is 0.544 e. The number of ether oxygens (including phenoxy) is 1. The van der Waals surface area contributed by atoms with Gasteiger partial charge >= 0.3 is 23.3 Å². The summed E-state index contributed by atoms with van der Waals surface area (Å²) < 4.78 is 5.14. The summed E-state index contributed by atoms with van der Waals surface area (Å²) in [5.74, 6) is -4.16. The van der Waals surface area contributed by atoms with Crippen LogP contribution in [0.2, 0.25) is 0 Å². The standard InChI is InChI=1S/C8H8O4.C5H4N4O3.C5H11NO2.C3H4O3/c1-12-7-4-5(8(10)11)2-3-6(7)9;10-3-1-2(7-4(11)6-1)8-5(12)9-3;1-6(2,3)4-5(7)8;1-2(4)3(5)6/h2-4,9H,1H3,(H,10,11);(H4,6,7,8,9,10,11,12);4H2,1-3H3;1H3,(H,5,6). The summed E-state index contributed by atoms with van der Waals surface area (Å²) in [6, 6.07) is 3.85. The number of hydrogen-bond donors (Lipinski definition) is 7. The number of aromatic amines is 4. The van der Waals surface area contributed by atoms with E-state index in [0.717, 1.165) is 6.92 Å². The number of aromatic carboxylic acids is 1. The number of ketones is 1. The third-order valence-electron chi connectivity index (χ3n) is 3.75. The molecule has 2 aromatic heterocycles. The van der Waals surface area contributed by atoms with E-state index in [2.05, 4.69) is 15.0 Å². The van der Waals surface area contributed by atoms with Crippen LogP contribution < -0.4 is 26.8 Å². The summed E-state index contributed by atoms with van der Waals surface area (Å²) in [6.07, 6.45) is 0. The van der Waals surface area contributed by atoms with Crippen LogP contribution in [0.4, 0.5) is 0 Å². The average Bonchev–Trinajstić information content (AvgIpc) is 3.14. The molecule has 7 N–H and O–H groups in total. The van der Waals surface area contributed by atoms with E-state index in [-0.39, 0.29) is 34.8 Å². The summed E-state index contributed by atoms with van der Waals surface area (Å²) >= 11 is 0. The van der Waals surface area contributed by atoms with Gasteiger partial charge in [-0.1, -0.05) is 0 Å². The Kier molecular flexibility index (Phi) is 12.4. The first-order valence-corrected chi connectivity index (χ1v) is 10.2. The van der Waals surface area contributed by atoms with Crippen LogP contribution in [0.25, 0.3) is 11.2 Å². The predicted octanol–water partition coefficient (Wildman–Crippen LogP) is -2.57. The van der Waals surface area contributed by atoms with Crippen molar-refractivity contribution in [1.29, 1.82) is 0 Å². The molecule has 38 heavy (non-hydrogen) atoms. The number of aromatic nitrogens is 4. The van der Waals surface area contributed by atoms with Gasteiger partial charge in [-0.3, -0.25) is 29.5 Å². The molecule has 3 rings (SSSR count). The van der Waals surface area contributed by atoms with E-state index >= 15 is 0 Å². The molecule has 0 atom stereocenters. The molecular formula is C21H27N5O12. The zero-order chi connectivity index (χ0) is 29.8. The highest BCUT2D eigenvalue weighted by atomic mass is 16.5. The van der Waals surface area contributed by atoms with Gasteiger partial charge in [-0.15, -0.1) is 0 Å². The molecule has 0 amide bonds. The van der Waals surface area contributed by atoms with Gasteiger partial charge in [-0.05, 0) is 18.2 Å². The third-order valence-corrected chi connectivity index (χ3v) is 3.75. The average molecular weight is 541 g/mol. The Morgan fingerprint density at radius 3 is 1.82 bits per heavy atom. The Balaban J connectivity index is 0.000000500. The summed E-state index contributed by atoms with van der Waals surface area (Å²) in [6.45, 7) is 1.07. The number of phenolic OH excluding ortho intramolecular Hbond substituents is 1. The van der Waals surface area contributed by atoms with Gasteiger partial charge in [0, 0.05) is 6.92 Å². The van der Waals surface area contributed by atoms with Gasteiger partial charge in [0.25, 0.3) is 5.56 Å². The van der Waals surface area contributed by atoms with Gasteiger partial charge in [0.2, 0.25) is 5.78 Å². The van der Waals surface area contributed by atoms with Crippen LogP contribution in [0.15, 0.2) is 32.6 Å². The molecule has 0 saturated carbocycles. The molecule has 17 nitrogen and oxygen atoms in total. The minimum atomic E-state index is -1.38. The molecule has 0 aliphatic rings. The Bertz CT molecular complexity index is 1440. The van der Waals surface area contributed by atoms with Crippen LogP contribution >= 0.6 is 0 Å². The molecule has 3 aromatic rings. The highest BCUT2D eigenvalue weighted by Crippen LogP contribution is 2.25. The highest BCUT2D eigenvalue weighted by Gasteiger charge is 2.07. The summed E-state index contributed by atoms with van der Waals surface area (Å²) in [7, 11) is 6.77. The number of carboxylic acids is 3. The van der Waals surface area contributed by atoms with E-state index in [1.165, 1.54) is 25.3 Å². The number of aliphatic carboxylic acids is 2. The van der Waals surface area contributed by atoms with Crippen molar-refractivity contribution in [3.8, 4) is 11.5 Å². The van der Waals surface area contributed by atoms with Crippen molar-refractivity contribution in [3.63, 3.8) is 0 Å². The maximum atomic E-state index is 10.9. The number of carboxylic acid groups (broad SMARTS) is 3.